The monoisotopic (exact) mass is 433 g/mol. The van der Waals surface area contributed by atoms with Crippen molar-refractivity contribution < 1.29 is 24.3 Å². The van der Waals surface area contributed by atoms with Gasteiger partial charge in [0.15, 0.2) is 5.96 Å². The molecule has 0 aliphatic heterocycles. The summed E-state index contributed by atoms with van der Waals surface area (Å²) < 4.78 is 0. The normalized spacial score (nSPS) is 13.6. The number of amides is 3. The van der Waals surface area contributed by atoms with Gasteiger partial charge in [-0.3, -0.25) is 19.4 Å². The number of carbonyl (C=O) groups excluding carboxylic acids is 3. The topological polar surface area (TPSA) is 229 Å². The number of carboxylic acid groups (broad SMARTS) is 1. The van der Waals surface area contributed by atoms with Gasteiger partial charge in [-0.2, -0.15) is 11.8 Å². The molecular formula is C16H31N7O5S. The van der Waals surface area contributed by atoms with Gasteiger partial charge in [0.2, 0.25) is 17.7 Å². The number of nitrogens with zero attached hydrogens (tertiary/aromatic N) is 1. The van der Waals surface area contributed by atoms with Crippen LogP contribution in [0.25, 0.3) is 0 Å². The smallest absolute Gasteiger partial charge is 0.326 e. The highest BCUT2D eigenvalue weighted by Gasteiger charge is 2.27. The summed E-state index contributed by atoms with van der Waals surface area (Å²) in [4.78, 5) is 50.9. The number of hydrogen-bond donors (Lipinski definition) is 7. The van der Waals surface area contributed by atoms with E-state index in [1.807, 2.05) is 6.26 Å². The Morgan fingerprint density at radius 1 is 1.00 bits per heavy atom. The van der Waals surface area contributed by atoms with Gasteiger partial charge < -0.3 is 38.7 Å². The molecule has 0 aromatic rings. The number of aliphatic imine (C=N–C) groups is 1. The van der Waals surface area contributed by atoms with Crippen molar-refractivity contribution in [1.29, 1.82) is 0 Å². The van der Waals surface area contributed by atoms with Crippen molar-refractivity contribution in [1.82, 2.24) is 10.6 Å². The molecular weight excluding hydrogens is 402 g/mol. The van der Waals surface area contributed by atoms with E-state index < -0.39 is 41.8 Å². The summed E-state index contributed by atoms with van der Waals surface area (Å²) >= 11 is 1.44. The van der Waals surface area contributed by atoms with Crippen molar-refractivity contribution in [2.75, 3.05) is 18.6 Å². The number of aliphatic carboxylic acids is 1. The standard InChI is InChI=1S/C16H31N7O5S/c1-29-8-6-11(15(27)28)23-14(26)10(4-5-12(18)24)22-13(25)9(17)3-2-7-21-16(19)20/h9-11H,2-8,17H2,1H3,(H2,18,24)(H,22,25)(H,23,26)(H,27,28)(H4,19,20,21)/t9-,10-,11-/m0/s1. The van der Waals surface area contributed by atoms with Crippen molar-refractivity contribution in [2.45, 2.75) is 50.2 Å². The molecule has 0 rings (SSSR count). The molecule has 0 spiro atoms. The van der Waals surface area contributed by atoms with Crippen LogP contribution in [0.1, 0.15) is 32.1 Å². The minimum atomic E-state index is -1.19. The maximum absolute atomic E-state index is 12.5. The van der Waals surface area contributed by atoms with Crippen LogP contribution in [0.5, 0.6) is 0 Å². The van der Waals surface area contributed by atoms with Gasteiger partial charge in [0.1, 0.15) is 12.1 Å². The Morgan fingerprint density at radius 3 is 2.14 bits per heavy atom. The first kappa shape index (κ1) is 26.5. The minimum Gasteiger partial charge on any atom is -0.480 e. The minimum absolute atomic E-state index is 0.0688. The van der Waals surface area contributed by atoms with Crippen LogP contribution in [0.3, 0.4) is 0 Å². The number of guanidine groups is 1. The van der Waals surface area contributed by atoms with Crippen molar-refractivity contribution in [2.24, 2.45) is 27.9 Å². The van der Waals surface area contributed by atoms with E-state index in [1.54, 1.807) is 0 Å². The number of nitrogens with one attached hydrogen (secondary N) is 2. The zero-order valence-corrected chi connectivity index (χ0v) is 17.2. The van der Waals surface area contributed by atoms with Gasteiger partial charge >= 0.3 is 5.97 Å². The molecule has 0 aromatic carbocycles. The second-order valence-electron chi connectivity index (χ2n) is 6.30. The van der Waals surface area contributed by atoms with Crippen LogP contribution in [-0.4, -0.2) is 71.4 Å². The van der Waals surface area contributed by atoms with Gasteiger partial charge in [-0.1, -0.05) is 0 Å². The molecule has 13 heteroatoms. The molecule has 29 heavy (non-hydrogen) atoms. The largest absolute Gasteiger partial charge is 0.480 e. The molecule has 0 aromatic heterocycles. The molecule has 0 unspecified atom stereocenters. The molecule has 0 radical (unpaired) electrons. The Morgan fingerprint density at radius 2 is 1.62 bits per heavy atom. The third kappa shape index (κ3) is 12.5. The summed E-state index contributed by atoms with van der Waals surface area (Å²) in [5.41, 5.74) is 21.3. The predicted octanol–water partition coefficient (Wildman–Crippen LogP) is -2.56. The summed E-state index contributed by atoms with van der Waals surface area (Å²) in [6.07, 6.45) is 2.48. The maximum Gasteiger partial charge on any atom is 0.326 e. The Balaban J connectivity index is 4.94. The van der Waals surface area contributed by atoms with Gasteiger partial charge in [-0.15, -0.1) is 0 Å². The van der Waals surface area contributed by atoms with E-state index in [1.165, 1.54) is 11.8 Å². The summed E-state index contributed by atoms with van der Waals surface area (Å²) in [7, 11) is 0. The molecule has 3 amide bonds. The van der Waals surface area contributed by atoms with E-state index in [9.17, 15) is 24.3 Å². The number of carboxylic acids is 1. The third-order valence-corrected chi connectivity index (χ3v) is 4.49. The molecule has 0 bridgehead atoms. The lowest BCUT2D eigenvalue weighted by Crippen LogP contribution is -2.54. The van der Waals surface area contributed by atoms with Gasteiger partial charge in [0.05, 0.1) is 6.04 Å². The fraction of sp³-hybridized carbons (Fsp3) is 0.688. The summed E-state index contributed by atoms with van der Waals surface area (Å²) in [5, 5.41) is 14.1. The number of primary amides is 1. The molecule has 0 saturated heterocycles. The van der Waals surface area contributed by atoms with E-state index in [4.69, 9.17) is 22.9 Å². The second-order valence-corrected chi connectivity index (χ2v) is 7.29. The van der Waals surface area contributed by atoms with Crippen LogP contribution in [0, 0.1) is 0 Å². The van der Waals surface area contributed by atoms with Crippen LogP contribution in [0.4, 0.5) is 0 Å². The number of nitrogens with two attached hydrogens (primary N) is 4. The highest BCUT2D eigenvalue weighted by Crippen LogP contribution is 2.05. The van der Waals surface area contributed by atoms with E-state index in [2.05, 4.69) is 15.6 Å². The molecule has 0 saturated carbocycles. The molecule has 0 aliphatic carbocycles. The number of carbonyl (C=O) groups is 4. The summed E-state index contributed by atoms with van der Waals surface area (Å²) in [6.45, 7) is 0.296. The van der Waals surface area contributed by atoms with Gasteiger partial charge in [-0.25, -0.2) is 4.79 Å². The highest BCUT2D eigenvalue weighted by atomic mass is 32.2. The molecule has 11 N–H and O–H groups in total. The van der Waals surface area contributed by atoms with Crippen LogP contribution < -0.4 is 33.6 Å². The average molecular weight is 434 g/mol. The van der Waals surface area contributed by atoms with Gasteiger partial charge in [-0.05, 0) is 37.7 Å². The van der Waals surface area contributed by atoms with E-state index in [-0.39, 0.29) is 31.6 Å². The lowest BCUT2D eigenvalue weighted by Gasteiger charge is -2.22. The second kappa shape index (κ2) is 14.5. The molecule has 12 nitrogen and oxygen atoms in total. The van der Waals surface area contributed by atoms with Crippen LogP contribution in [0.2, 0.25) is 0 Å². The average Bonchev–Trinajstić information content (AvgIpc) is 2.64. The van der Waals surface area contributed by atoms with Gasteiger partial charge in [0.25, 0.3) is 0 Å². The number of hydrogen-bond acceptors (Lipinski definition) is 7. The first-order valence-electron chi connectivity index (χ1n) is 9.00. The van der Waals surface area contributed by atoms with E-state index in [0.29, 0.717) is 18.7 Å². The number of thioether (sulfide) groups is 1. The summed E-state index contributed by atoms with van der Waals surface area (Å²) in [5.74, 6) is -2.73. The lowest BCUT2D eigenvalue weighted by molar-refractivity contribution is -0.142. The Bertz CT molecular complexity index is 598. The zero-order chi connectivity index (χ0) is 22.4. The summed E-state index contributed by atoms with van der Waals surface area (Å²) in [6, 6.07) is -3.19. The molecule has 0 fully saturated rings. The number of rotatable bonds is 15. The lowest BCUT2D eigenvalue weighted by atomic mass is 10.1. The molecule has 0 heterocycles. The van der Waals surface area contributed by atoms with Crippen molar-refractivity contribution in [3.63, 3.8) is 0 Å². The first-order chi connectivity index (χ1) is 13.6. The van der Waals surface area contributed by atoms with Gasteiger partial charge in [0, 0.05) is 13.0 Å². The van der Waals surface area contributed by atoms with E-state index in [0.717, 1.165) is 0 Å². The Hall–Kier alpha value is -2.54. The van der Waals surface area contributed by atoms with Crippen molar-refractivity contribution in [3.05, 3.63) is 0 Å². The fourth-order valence-electron chi connectivity index (χ4n) is 2.25. The molecule has 166 valence electrons. The Kier molecular flexibility index (Phi) is 13.2. The van der Waals surface area contributed by atoms with E-state index >= 15 is 0 Å². The molecule has 3 atom stereocenters. The van der Waals surface area contributed by atoms with Crippen molar-refractivity contribution in [3.8, 4) is 0 Å². The molecule has 0 aliphatic rings. The SMILES string of the molecule is CSCC[C@H](NC(=O)[C@H](CCC(N)=O)NC(=O)[C@@H](N)CCCN=C(N)N)C(=O)O. The third-order valence-electron chi connectivity index (χ3n) is 3.84. The van der Waals surface area contributed by atoms with Crippen LogP contribution >= 0.6 is 11.8 Å². The maximum atomic E-state index is 12.5. The highest BCUT2D eigenvalue weighted by molar-refractivity contribution is 7.98. The van der Waals surface area contributed by atoms with Crippen molar-refractivity contribution >= 4 is 41.4 Å². The van der Waals surface area contributed by atoms with Crippen LogP contribution in [-0.2, 0) is 19.2 Å². The van der Waals surface area contributed by atoms with Crippen LogP contribution in [0.15, 0.2) is 4.99 Å². The fourth-order valence-corrected chi connectivity index (χ4v) is 2.72. The quantitative estimate of drug-likeness (QED) is 0.0816. The first-order valence-corrected chi connectivity index (χ1v) is 10.4. The Labute approximate surface area is 173 Å². The zero-order valence-electron chi connectivity index (χ0n) is 16.4. The predicted molar refractivity (Wildman–Crippen MR) is 111 cm³/mol.